The molecule has 3 rings (SSSR count). The minimum Gasteiger partial charge on any atom is -0.294 e. The van der Waals surface area contributed by atoms with Gasteiger partial charge in [0.2, 0.25) is 0 Å². The van der Waals surface area contributed by atoms with Crippen molar-refractivity contribution in [3.8, 4) is 0 Å². The van der Waals surface area contributed by atoms with E-state index in [9.17, 15) is 4.79 Å². The second kappa shape index (κ2) is 4.12. The Labute approximate surface area is 103 Å². The molecule has 2 aromatic heterocycles. The fourth-order valence-electron chi connectivity index (χ4n) is 1.96. The maximum atomic E-state index is 11.9. The Morgan fingerprint density at radius 3 is 3.29 bits per heavy atom. The third kappa shape index (κ3) is 1.94. The largest absolute Gasteiger partial charge is 0.294 e. The highest BCUT2D eigenvalue weighted by Crippen LogP contribution is 2.18. The SMILES string of the molecule is Cc1cn2c(CC(=O)N3CCCO3)csc2n1. The van der Waals surface area contributed by atoms with Gasteiger partial charge in [-0.1, -0.05) is 0 Å². The number of amides is 1. The molecule has 0 aromatic carbocycles. The van der Waals surface area contributed by atoms with Crippen molar-refractivity contribution in [1.29, 1.82) is 0 Å². The summed E-state index contributed by atoms with van der Waals surface area (Å²) in [5.41, 5.74) is 1.95. The zero-order valence-electron chi connectivity index (χ0n) is 9.55. The first kappa shape index (κ1) is 10.7. The molecular weight excluding hydrogens is 238 g/mol. The van der Waals surface area contributed by atoms with Crippen molar-refractivity contribution in [3.63, 3.8) is 0 Å². The molecular formula is C11H13N3O2S. The lowest BCUT2D eigenvalue weighted by molar-refractivity contribution is -0.167. The molecule has 1 aliphatic heterocycles. The molecule has 0 N–H and O–H groups in total. The van der Waals surface area contributed by atoms with Crippen molar-refractivity contribution >= 4 is 22.2 Å². The van der Waals surface area contributed by atoms with Gasteiger partial charge in [0.1, 0.15) is 0 Å². The van der Waals surface area contributed by atoms with Gasteiger partial charge in [-0.2, -0.15) is 0 Å². The summed E-state index contributed by atoms with van der Waals surface area (Å²) in [6, 6.07) is 0. The quantitative estimate of drug-likeness (QED) is 0.810. The second-order valence-electron chi connectivity index (χ2n) is 4.12. The fourth-order valence-corrected chi connectivity index (χ4v) is 2.87. The Bertz CT molecular complexity index is 554. The van der Waals surface area contributed by atoms with Gasteiger partial charge < -0.3 is 0 Å². The van der Waals surface area contributed by atoms with Gasteiger partial charge in [-0.25, -0.2) is 10.0 Å². The van der Waals surface area contributed by atoms with Gasteiger partial charge in [0.25, 0.3) is 5.91 Å². The number of imidazole rings is 1. The number of aryl methyl sites for hydroxylation is 1. The van der Waals surface area contributed by atoms with E-state index in [0.29, 0.717) is 19.6 Å². The van der Waals surface area contributed by atoms with Gasteiger partial charge >= 0.3 is 0 Å². The summed E-state index contributed by atoms with van der Waals surface area (Å²) in [5.74, 6) is 0.0218. The van der Waals surface area contributed by atoms with Crippen LogP contribution in [0.4, 0.5) is 0 Å². The number of aromatic nitrogens is 2. The van der Waals surface area contributed by atoms with Crippen molar-refractivity contribution in [2.45, 2.75) is 19.8 Å². The highest BCUT2D eigenvalue weighted by Gasteiger charge is 2.20. The molecule has 17 heavy (non-hydrogen) atoms. The monoisotopic (exact) mass is 251 g/mol. The second-order valence-corrected chi connectivity index (χ2v) is 4.96. The van der Waals surface area contributed by atoms with E-state index in [2.05, 4.69) is 4.98 Å². The number of thiazole rings is 1. The average Bonchev–Trinajstić information content (AvgIpc) is 2.96. The lowest BCUT2D eigenvalue weighted by atomic mass is 10.3. The molecule has 0 spiro atoms. The van der Waals surface area contributed by atoms with E-state index in [4.69, 9.17) is 4.84 Å². The summed E-state index contributed by atoms with van der Waals surface area (Å²) in [4.78, 5) is 22.5. The van der Waals surface area contributed by atoms with Crippen LogP contribution in [0.25, 0.3) is 4.96 Å². The van der Waals surface area contributed by atoms with Crippen LogP contribution in [0.1, 0.15) is 17.8 Å². The Hall–Kier alpha value is -1.40. The smallest absolute Gasteiger partial charge is 0.252 e. The van der Waals surface area contributed by atoms with E-state index in [-0.39, 0.29) is 5.91 Å². The number of fused-ring (bicyclic) bond motifs is 1. The Balaban J connectivity index is 1.81. The van der Waals surface area contributed by atoms with E-state index in [1.54, 1.807) is 11.3 Å². The molecule has 0 aliphatic carbocycles. The van der Waals surface area contributed by atoms with Crippen LogP contribution in [0.15, 0.2) is 11.6 Å². The fraction of sp³-hybridized carbons (Fsp3) is 0.455. The molecule has 6 heteroatoms. The topological polar surface area (TPSA) is 46.8 Å². The van der Waals surface area contributed by atoms with Crippen LogP contribution >= 0.6 is 11.3 Å². The molecule has 0 radical (unpaired) electrons. The average molecular weight is 251 g/mol. The van der Waals surface area contributed by atoms with E-state index in [1.807, 2.05) is 22.9 Å². The lowest BCUT2D eigenvalue weighted by Gasteiger charge is -2.12. The molecule has 3 heterocycles. The number of nitrogens with zero attached hydrogens (tertiary/aromatic N) is 3. The Kier molecular flexibility index (Phi) is 2.60. The first-order valence-corrected chi connectivity index (χ1v) is 6.47. The van der Waals surface area contributed by atoms with Crippen LogP contribution in [0, 0.1) is 6.92 Å². The van der Waals surface area contributed by atoms with Crippen LogP contribution in [0.3, 0.4) is 0 Å². The van der Waals surface area contributed by atoms with Crippen molar-refractivity contribution in [2.75, 3.05) is 13.2 Å². The zero-order chi connectivity index (χ0) is 11.8. The first-order chi connectivity index (χ1) is 8.24. The summed E-state index contributed by atoms with van der Waals surface area (Å²) in [6.07, 6.45) is 3.25. The van der Waals surface area contributed by atoms with Crippen LogP contribution < -0.4 is 0 Å². The predicted molar refractivity (Wildman–Crippen MR) is 63.8 cm³/mol. The van der Waals surface area contributed by atoms with Crippen LogP contribution in [-0.4, -0.2) is 33.5 Å². The summed E-state index contributed by atoms with van der Waals surface area (Å²) in [5, 5.41) is 3.45. The highest BCUT2D eigenvalue weighted by atomic mass is 32.1. The minimum absolute atomic E-state index is 0.0218. The van der Waals surface area contributed by atoms with Crippen LogP contribution in [0.5, 0.6) is 0 Å². The Morgan fingerprint density at radius 2 is 2.53 bits per heavy atom. The standard InChI is InChI=1S/C11H13N3O2S/c1-8-6-13-9(7-17-11(13)12-8)5-10(15)14-3-2-4-16-14/h6-7H,2-5H2,1H3. The summed E-state index contributed by atoms with van der Waals surface area (Å²) < 4.78 is 1.98. The molecule has 0 unspecified atom stereocenters. The van der Waals surface area contributed by atoms with Gasteiger partial charge in [0.15, 0.2) is 4.96 Å². The summed E-state index contributed by atoms with van der Waals surface area (Å²) in [7, 11) is 0. The minimum atomic E-state index is 0.0218. The van der Waals surface area contributed by atoms with Crippen molar-refractivity contribution in [1.82, 2.24) is 14.4 Å². The summed E-state index contributed by atoms with van der Waals surface area (Å²) in [6.45, 7) is 3.30. The third-order valence-corrected chi connectivity index (χ3v) is 3.66. The molecule has 1 fully saturated rings. The van der Waals surface area contributed by atoms with Gasteiger partial charge in [0, 0.05) is 17.3 Å². The van der Waals surface area contributed by atoms with Gasteiger partial charge in [0.05, 0.1) is 25.3 Å². The molecule has 2 aromatic rings. The first-order valence-electron chi connectivity index (χ1n) is 5.59. The van der Waals surface area contributed by atoms with E-state index in [1.165, 1.54) is 5.06 Å². The molecule has 1 saturated heterocycles. The number of rotatable bonds is 2. The number of carbonyl (C=O) groups excluding carboxylic acids is 1. The van der Waals surface area contributed by atoms with Crippen LogP contribution in [-0.2, 0) is 16.1 Å². The molecule has 0 saturated carbocycles. The molecule has 5 nitrogen and oxygen atoms in total. The lowest BCUT2D eigenvalue weighted by Crippen LogP contribution is -2.28. The van der Waals surface area contributed by atoms with Gasteiger partial charge in [-0.3, -0.25) is 14.0 Å². The molecule has 1 amide bonds. The van der Waals surface area contributed by atoms with Crippen LogP contribution in [0.2, 0.25) is 0 Å². The molecule has 0 bridgehead atoms. The molecule has 90 valence electrons. The zero-order valence-corrected chi connectivity index (χ0v) is 10.4. The number of hydrogen-bond donors (Lipinski definition) is 0. The number of carbonyl (C=O) groups is 1. The molecule has 1 aliphatic rings. The summed E-state index contributed by atoms with van der Waals surface area (Å²) >= 11 is 1.56. The third-order valence-electron chi connectivity index (χ3n) is 2.77. The van der Waals surface area contributed by atoms with E-state index >= 15 is 0 Å². The number of hydroxylamine groups is 2. The van der Waals surface area contributed by atoms with Gasteiger partial charge in [-0.05, 0) is 13.3 Å². The van der Waals surface area contributed by atoms with Crippen molar-refractivity contribution in [2.24, 2.45) is 0 Å². The Morgan fingerprint density at radius 1 is 1.65 bits per heavy atom. The van der Waals surface area contributed by atoms with Crippen molar-refractivity contribution < 1.29 is 9.63 Å². The maximum Gasteiger partial charge on any atom is 0.252 e. The van der Waals surface area contributed by atoms with Gasteiger partial charge in [-0.15, -0.1) is 11.3 Å². The normalized spacial score (nSPS) is 15.9. The van der Waals surface area contributed by atoms with E-state index in [0.717, 1.165) is 22.8 Å². The number of hydrogen-bond acceptors (Lipinski definition) is 4. The predicted octanol–water partition coefficient (Wildman–Crippen LogP) is 1.41. The maximum absolute atomic E-state index is 11.9. The van der Waals surface area contributed by atoms with E-state index < -0.39 is 0 Å². The van der Waals surface area contributed by atoms with Crippen molar-refractivity contribution in [3.05, 3.63) is 23.0 Å². The highest BCUT2D eigenvalue weighted by molar-refractivity contribution is 7.15. The molecule has 0 atom stereocenters.